The van der Waals surface area contributed by atoms with Gasteiger partial charge in [-0.15, -0.1) is 0 Å². The molecule has 0 radical (unpaired) electrons. The summed E-state index contributed by atoms with van der Waals surface area (Å²) in [5, 5.41) is 3.91. The first kappa shape index (κ1) is 75.5. The van der Waals surface area contributed by atoms with Crippen LogP contribution < -0.4 is 28.4 Å². The quantitative estimate of drug-likeness (QED) is 0.0214. The van der Waals surface area contributed by atoms with Crippen molar-refractivity contribution in [2.75, 3.05) is 81.3 Å². The Hall–Kier alpha value is -11.3. The van der Waals surface area contributed by atoms with Crippen LogP contribution in [0.5, 0.6) is 34.5 Å². The molecular weight excluding hydrogens is 1390 g/mol. The number of rotatable bonds is 33. The number of fused-ring (bicyclic) bond motifs is 16. The van der Waals surface area contributed by atoms with Crippen LogP contribution in [0, 0.1) is 0 Å². The van der Waals surface area contributed by atoms with Gasteiger partial charge in [0.1, 0.15) is 71.1 Å². The van der Waals surface area contributed by atoms with Gasteiger partial charge in [0.15, 0.2) is 11.2 Å². The molecule has 2 heterocycles. The predicted octanol–water partition coefficient (Wildman–Crippen LogP) is 17.3. The summed E-state index contributed by atoms with van der Waals surface area (Å²) in [7, 11) is 6.58. The van der Waals surface area contributed by atoms with Crippen LogP contribution >= 0.6 is 0 Å². The molecule has 566 valence electrons. The zero-order valence-electron chi connectivity index (χ0n) is 63.2. The largest absolute Gasteiger partial charge is 0.497 e. The lowest BCUT2D eigenvalue weighted by molar-refractivity contribution is -0.158. The monoisotopic (exact) mass is 1480 g/mol. The standard InChI is InChI=1S/C92H90O18/c1-9-63(107-81(95)45-43-79(93)103-53-55-105-89(3)77-25-17-15-23-73(77)83-69-19-11-13-21-71(69)87-75(85(83)89)47-49-91(109-87,59-27-35-65(97-5)36-28-59)60-29-37-66(98-6)38-30-60)57-101-51-52-102-58-64(10-2)108-82(96)46-44-80(94)104-54-56-106-90(4)78-26-18-16-24-74(78)84-70-20-12-14-22-72(70)88-76(86(84)90)48-50-92(110-88,61-31-39-67(99-7)40-32-61)62-33-41-68(100-8)42-34-62/h11-42,47-50,63-64H,9-10,43-46,51-58H2,1-8H3. The summed E-state index contributed by atoms with van der Waals surface area (Å²) in [5.74, 6) is 2.06. The first-order chi connectivity index (χ1) is 53.6. The number of hydrogen-bond acceptors (Lipinski definition) is 18. The minimum atomic E-state index is -1.03. The molecule has 10 aromatic carbocycles. The molecule has 0 aromatic heterocycles. The average Bonchev–Trinajstić information content (AvgIpc) is 1.51. The Kier molecular flexibility index (Phi) is 22.6. The smallest absolute Gasteiger partial charge is 0.306 e. The topological polar surface area (TPSA) is 197 Å². The Balaban J connectivity index is 0.518. The number of esters is 4. The zero-order valence-corrected chi connectivity index (χ0v) is 63.2. The molecule has 0 spiro atoms. The molecule has 4 unspecified atom stereocenters. The van der Waals surface area contributed by atoms with E-state index in [1.807, 2.05) is 159 Å². The molecule has 4 atom stereocenters. The zero-order chi connectivity index (χ0) is 76.6. The third-order valence-electron chi connectivity index (χ3n) is 21.4. The van der Waals surface area contributed by atoms with Crippen molar-refractivity contribution in [1.29, 1.82) is 0 Å². The average molecular weight is 1480 g/mol. The first-order valence-electron chi connectivity index (χ1n) is 37.5. The van der Waals surface area contributed by atoms with Crippen LogP contribution in [0.25, 0.3) is 56.0 Å². The molecule has 0 saturated heterocycles. The van der Waals surface area contributed by atoms with E-state index in [1.54, 1.807) is 28.4 Å². The van der Waals surface area contributed by atoms with Crippen molar-refractivity contribution >= 4 is 57.6 Å². The van der Waals surface area contributed by atoms with E-state index in [2.05, 4.69) is 86.7 Å². The summed E-state index contributed by atoms with van der Waals surface area (Å²) in [4.78, 5) is 52.6. The SMILES string of the molecule is CCC(COCCOCC(CC)OC(=O)CCC(=O)OCCOC1(C)c2ccccc2-c2c1c1c(c3ccccc23)OC(c2ccc(OC)cc2)(c2ccc(OC)cc2)C=C1)OC(=O)CCC(=O)OCCOC1(C)c2ccccc2-c2c1c1c(c3ccccc23)OC(c2ccc(OC)cc2)(c2ccc(OC)cc2)C=C1. The van der Waals surface area contributed by atoms with Gasteiger partial charge < -0.3 is 66.3 Å². The fourth-order valence-electron chi connectivity index (χ4n) is 15.7. The fraction of sp³-hybridized carbons (Fsp3) is 0.304. The highest BCUT2D eigenvalue weighted by Gasteiger charge is 2.49. The summed E-state index contributed by atoms with van der Waals surface area (Å²) < 4.78 is 85.3. The van der Waals surface area contributed by atoms with Gasteiger partial charge in [-0.2, -0.15) is 0 Å². The Morgan fingerprint density at radius 1 is 0.373 bits per heavy atom. The summed E-state index contributed by atoms with van der Waals surface area (Å²) in [5.41, 5.74) is 9.31. The summed E-state index contributed by atoms with van der Waals surface area (Å²) >= 11 is 0. The van der Waals surface area contributed by atoms with Crippen molar-refractivity contribution in [3.8, 4) is 56.8 Å². The Morgan fingerprint density at radius 3 is 1.03 bits per heavy atom. The third kappa shape index (κ3) is 14.7. The molecule has 14 rings (SSSR count). The summed E-state index contributed by atoms with van der Waals surface area (Å²) in [6.45, 7) is 8.41. The number of carbonyl (C=O) groups excluding carboxylic acids is 4. The van der Waals surface area contributed by atoms with Crippen LogP contribution in [0.4, 0.5) is 0 Å². The van der Waals surface area contributed by atoms with Crippen molar-refractivity contribution in [3.63, 3.8) is 0 Å². The van der Waals surface area contributed by atoms with E-state index < -0.39 is 58.5 Å². The third-order valence-corrected chi connectivity index (χ3v) is 21.4. The molecule has 18 heteroatoms. The van der Waals surface area contributed by atoms with Gasteiger partial charge in [0.2, 0.25) is 0 Å². The molecule has 0 bridgehead atoms. The Morgan fingerprint density at radius 2 is 0.691 bits per heavy atom. The van der Waals surface area contributed by atoms with Gasteiger partial charge in [-0.3, -0.25) is 19.2 Å². The highest BCUT2D eigenvalue weighted by Crippen LogP contribution is 2.61. The number of hydrogen-bond donors (Lipinski definition) is 0. The molecule has 0 fully saturated rings. The van der Waals surface area contributed by atoms with E-state index in [1.165, 1.54) is 0 Å². The van der Waals surface area contributed by atoms with Gasteiger partial charge in [0, 0.05) is 55.3 Å². The Bertz CT molecular complexity index is 4670. The predicted molar refractivity (Wildman–Crippen MR) is 419 cm³/mol. The van der Waals surface area contributed by atoms with Crippen molar-refractivity contribution in [2.45, 2.75) is 101 Å². The second-order valence-corrected chi connectivity index (χ2v) is 27.8. The van der Waals surface area contributed by atoms with E-state index in [0.717, 1.165) is 122 Å². The minimum Gasteiger partial charge on any atom is -0.497 e. The number of carbonyl (C=O) groups is 4. The lowest BCUT2D eigenvalue weighted by atomic mass is 9.80. The van der Waals surface area contributed by atoms with Crippen molar-refractivity contribution in [1.82, 2.24) is 0 Å². The maximum atomic E-state index is 13.2. The normalized spacial score (nSPS) is 16.8. The molecule has 10 aromatic rings. The van der Waals surface area contributed by atoms with Gasteiger partial charge in [-0.05, 0) is 132 Å². The molecule has 4 aliphatic rings. The number of benzene rings is 10. The second-order valence-electron chi connectivity index (χ2n) is 27.8. The molecule has 0 amide bonds. The van der Waals surface area contributed by atoms with E-state index >= 15 is 0 Å². The van der Waals surface area contributed by atoms with E-state index in [9.17, 15) is 19.2 Å². The molecule has 18 nitrogen and oxygen atoms in total. The van der Waals surface area contributed by atoms with Crippen molar-refractivity contribution in [3.05, 3.63) is 262 Å². The molecule has 2 aliphatic heterocycles. The van der Waals surface area contributed by atoms with E-state index in [0.29, 0.717) is 24.3 Å². The highest BCUT2D eigenvalue weighted by molar-refractivity contribution is 6.10. The second kappa shape index (κ2) is 32.9. The lowest BCUT2D eigenvalue weighted by Gasteiger charge is -2.39. The van der Waals surface area contributed by atoms with Crippen LogP contribution in [0.2, 0.25) is 0 Å². The van der Waals surface area contributed by atoms with Crippen LogP contribution in [-0.2, 0) is 79.5 Å². The maximum Gasteiger partial charge on any atom is 0.306 e. The lowest BCUT2D eigenvalue weighted by Crippen LogP contribution is -2.35. The van der Waals surface area contributed by atoms with Gasteiger partial charge in [-0.25, -0.2) is 0 Å². The number of methoxy groups -OCH3 is 4. The van der Waals surface area contributed by atoms with E-state index in [-0.39, 0.29) is 78.5 Å². The van der Waals surface area contributed by atoms with Crippen molar-refractivity contribution < 1.29 is 85.5 Å². The van der Waals surface area contributed by atoms with Crippen molar-refractivity contribution in [2.24, 2.45) is 0 Å². The summed E-state index contributed by atoms with van der Waals surface area (Å²) in [6.07, 6.45) is 7.55. The van der Waals surface area contributed by atoms with Crippen LogP contribution in [0.3, 0.4) is 0 Å². The molecule has 110 heavy (non-hydrogen) atoms. The minimum absolute atomic E-state index is 0.0574. The molecule has 0 N–H and O–H groups in total. The molecule has 0 saturated carbocycles. The van der Waals surface area contributed by atoms with Gasteiger partial charge >= 0.3 is 23.9 Å². The molecule has 2 aliphatic carbocycles. The van der Waals surface area contributed by atoms with Gasteiger partial charge in [0.05, 0.1) is 93.8 Å². The number of ether oxygens (including phenoxy) is 14. The van der Waals surface area contributed by atoms with Crippen LogP contribution in [-0.4, -0.2) is 117 Å². The first-order valence-corrected chi connectivity index (χ1v) is 37.5. The van der Waals surface area contributed by atoms with Gasteiger partial charge in [0.25, 0.3) is 0 Å². The molecular formula is C92H90O18. The maximum absolute atomic E-state index is 13.2. The van der Waals surface area contributed by atoms with E-state index in [4.69, 9.17) is 66.3 Å². The summed E-state index contributed by atoms with van der Waals surface area (Å²) in [6, 6.07) is 64.6. The highest BCUT2D eigenvalue weighted by atomic mass is 16.6. The Labute approximate surface area is 640 Å². The van der Waals surface area contributed by atoms with Gasteiger partial charge in [-0.1, -0.05) is 172 Å². The fourth-order valence-corrected chi connectivity index (χ4v) is 15.7. The van der Waals surface area contributed by atoms with Crippen LogP contribution in [0.15, 0.2) is 206 Å². The van der Waals surface area contributed by atoms with Crippen LogP contribution in [0.1, 0.15) is 122 Å².